The van der Waals surface area contributed by atoms with E-state index in [0.29, 0.717) is 11.6 Å². The van der Waals surface area contributed by atoms with Crippen molar-refractivity contribution < 1.29 is 4.79 Å². The van der Waals surface area contributed by atoms with Crippen LogP contribution in [0.5, 0.6) is 0 Å². The van der Waals surface area contributed by atoms with Crippen LogP contribution < -0.4 is 10.6 Å². The van der Waals surface area contributed by atoms with Crippen LogP contribution in [0.4, 0.5) is 10.5 Å². The van der Waals surface area contributed by atoms with E-state index in [2.05, 4.69) is 10.6 Å². The third kappa shape index (κ3) is 4.00. The van der Waals surface area contributed by atoms with E-state index >= 15 is 0 Å². The first kappa shape index (κ1) is 14.4. The number of aryl methyl sites for hydroxylation is 2. The molecule has 2 aromatic rings. The lowest BCUT2D eigenvalue weighted by Crippen LogP contribution is -2.28. The zero-order chi connectivity index (χ0) is 14.5. The van der Waals surface area contributed by atoms with Crippen LogP contribution in [0.25, 0.3) is 0 Å². The largest absolute Gasteiger partial charge is 0.334 e. The van der Waals surface area contributed by atoms with Gasteiger partial charge in [-0.05, 0) is 43.2 Å². The predicted octanol–water partition coefficient (Wildman–Crippen LogP) is 4.28. The van der Waals surface area contributed by atoms with Crippen molar-refractivity contribution in [3.8, 4) is 0 Å². The molecule has 20 heavy (non-hydrogen) atoms. The third-order valence-corrected chi connectivity index (χ3v) is 3.25. The van der Waals surface area contributed by atoms with Gasteiger partial charge in [0.1, 0.15) is 0 Å². The summed E-state index contributed by atoms with van der Waals surface area (Å²) in [6.07, 6.45) is 0. The second-order valence-corrected chi connectivity index (χ2v) is 5.19. The van der Waals surface area contributed by atoms with Crippen LogP contribution in [0, 0.1) is 13.8 Å². The van der Waals surface area contributed by atoms with Crippen molar-refractivity contribution in [2.24, 2.45) is 0 Å². The monoisotopic (exact) mass is 288 g/mol. The normalized spacial score (nSPS) is 10.2. The minimum atomic E-state index is -0.226. The molecule has 0 aromatic heterocycles. The number of benzene rings is 2. The Bertz CT molecular complexity index is 608. The zero-order valence-corrected chi connectivity index (χ0v) is 12.3. The van der Waals surface area contributed by atoms with Gasteiger partial charge in [0, 0.05) is 17.3 Å². The van der Waals surface area contributed by atoms with Crippen LogP contribution in [-0.2, 0) is 6.54 Å². The van der Waals surface area contributed by atoms with E-state index in [1.165, 1.54) is 5.56 Å². The fourth-order valence-electron chi connectivity index (χ4n) is 1.82. The van der Waals surface area contributed by atoms with Crippen molar-refractivity contribution in [3.05, 3.63) is 64.2 Å². The second-order valence-electron chi connectivity index (χ2n) is 4.75. The van der Waals surface area contributed by atoms with Crippen LogP contribution in [0.1, 0.15) is 16.7 Å². The number of carbonyl (C=O) groups excluding carboxylic acids is 1. The number of rotatable bonds is 3. The van der Waals surface area contributed by atoms with E-state index < -0.39 is 0 Å². The van der Waals surface area contributed by atoms with Crippen molar-refractivity contribution in [1.29, 1.82) is 0 Å². The van der Waals surface area contributed by atoms with E-state index in [9.17, 15) is 4.79 Å². The highest BCUT2D eigenvalue weighted by Crippen LogP contribution is 2.19. The number of anilines is 1. The fraction of sp³-hybridized carbons (Fsp3) is 0.188. The number of urea groups is 1. The molecule has 3 nitrogen and oxygen atoms in total. The molecule has 2 aromatic carbocycles. The quantitative estimate of drug-likeness (QED) is 0.869. The van der Waals surface area contributed by atoms with Crippen molar-refractivity contribution >= 4 is 23.3 Å². The van der Waals surface area contributed by atoms with Gasteiger partial charge in [0.25, 0.3) is 0 Å². The summed E-state index contributed by atoms with van der Waals surface area (Å²) in [5, 5.41) is 6.30. The van der Waals surface area contributed by atoms with E-state index in [4.69, 9.17) is 11.6 Å². The summed E-state index contributed by atoms with van der Waals surface area (Å²) in [7, 11) is 0. The molecule has 2 N–H and O–H groups in total. The highest BCUT2D eigenvalue weighted by atomic mass is 35.5. The predicted molar refractivity (Wildman–Crippen MR) is 83.2 cm³/mol. The zero-order valence-electron chi connectivity index (χ0n) is 11.5. The van der Waals surface area contributed by atoms with Gasteiger partial charge in [-0.15, -0.1) is 0 Å². The summed E-state index contributed by atoms with van der Waals surface area (Å²) in [6, 6.07) is 13.2. The van der Waals surface area contributed by atoms with Crippen molar-refractivity contribution in [3.63, 3.8) is 0 Å². The Hall–Kier alpha value is -2.00. The molecular weight excluding hydrogens is 272 g/mol. The van der Waals surface area contributed by atoms with Crippen LogP contribution in [0.2, 0.25) is 5.02 Å². The van der Waals surface area contributed by atoms with Gasteiger partial charge in [0.05, 0.1) is 0 Å². The highest BCUT2D eigenvalue weighted by molar-refractivity contribution is 6.30. The lowest BCUT2D eigenvalue weighted by atomic mass is 10.1. The minimum Gasteiger partial charge on any atom is -0.334 e. The summed E-state index contributed by atoms with van der Waals surface area (Å²) in [6.45, 7) is 4.44. The van der Waals surface area contributed by atoms with E-state index in [0.717, 1.165) is 16.8 Å². The van der Waals surface area contributed by atoms with E-state index in [1.807, 2.05) is 44.2 Å². The molecule has 4 heteroatoms. The second kappa shape index (κ2) is 6.44. The lowest BCUT2D eigenvalue weighted by molar-refractivity contribution is 0.251. The first-order chi connectivity index (χ1) is 9.54. The maximum Gasteiger partial charge on any atom is 0.319 e. The maximum absolute atomic E-state index is 11.8. The Morgan fingerprint density at radius 3 is 2.45 bits per heavy atom. The van der Waals surface area contributed by atoms with Crippen LogP contribution in [0.15, 0.2) is 42.5 Å². The molecule has 0 aliphatic rings. The van der Waals surface area contributed by atoms with E-state index in [-0.39, 0.29) is 6.03 Å². The summed E-state index contributed by atoms with van der Waals surface area (Å²) in [5.41, 5.74) is 3.97. The summed E-state index contributed by atoms with van der Waals surface area (Å²) in [5.74, 6) is 0. The van der Waals surface area contributed by atoms with Gasteiger partial charge in [0.2, 0.25) is 0 Å². The van der Waals surface area contributed by atoms with Gasteiger partial charge in [-0.25, -0.2) is 4.79 Å². The van der Waals surface area contributed by atoms with E-state index in [1.54, 1.807) is 12.1 Å². The summed E-state index contributed by atoms with van der Waals surface area (Å²) >= 11 is 5.88. The first-order valence-corrected chi connectivity index (χ1v) is 6.79. The number of amides is 2. The Morgan fingerprint density at radius 2 is 1.80 bits per heavy atom. The van der Waals surface area contributed by atoms with Crippen LogP contribution in [-0.4, -0.2) is 6.03 Å². The molecule has 2 amide bonds. The van der Waals surface area contributed by atoms with Gasteiger partial charge in [-0.1, -0.05) is 41.4 Å². The minimum absolute atomic E-state index is 0.226. The van der Waals surface area contributed by atoms with Gasteiger partial charge < -0.3 is 10.6 Å². The van der Waals surface area contributed by atoms with Crippen molar-refractivity contribution in [2.75, 3.05) is 5.32 Å². The van der Waals surface area contributed by atoms with Gasteiger partial charge >= 0.3 is 6.03 Å². The SMILES string of the molecule is Cc1ccc(CNC(=O)Nc2ccc(Cl)cc2C)cc1. The third-order valence-electron chi connectivity index (χ3n) is 3.01. The Kier molecular flexibility index (Phi) is 4.64. The highest BCUT2D eigenvalue weighted by Gasteiger charge is 2.04. The molecule has 0 radical (unpaired) electrons. The average molecular weight is 289 g/mol. The van der Waals surface area contributed by atoms with Crippen molar-refractivity contribution in [1.82, 2.24) is 5.32 Å². The standard InChI is InChI=1S/C16H17ClN2O/c1-11-3-5-13(6-4-11)10-18-16(20)19-15-8-7-14(17)9-12(15)2/h3-9H,10H2,1-2H3,(H2,18,19,20). The molecule has 0 aliphatic heterocycles. The Labute approximate surface area is 124 Å². The number of hydrogen-bond acceptors (Lipinski definition) is 1. The molecule has 0 bridgehead atoms. The van der Waals surface area contributed by atoms with Gasteiger partial charge in [-0.3, -0.25) is 0 Å². The molecule has 0 spiro atoms. The lowest BCUT2D eigenvalue weighted by Gasteiger charge is -2.10. The molecule has 0 aliphatic carbocycles. The molecule has 104 valence electrons. The molecular formula is C16H17ClN2O. The summed E-state index contributed by atoms with van der Waals surface area (Å²) < 4.78 is 0. The maximum atomic E-state index is 11.8. The Balaban J connectivity index is 1.90. The number of nitrogens with one attached hydrogen (secondary N) is 2. The molecule has 0 heterocycles. The van der Waals surface area contributed by atoms with Gasteiger partial charge in [-0.2, -0.15) is 0 Å². The molecule has 0 unspecified atom stereocenters. The molecule has 2 rings (SSSR count). The molecule has 0 atom stereocenters. The van der Waals surface area contributed by atoms with Crippen LogP contribution >= 0.6 is 11.6 Å². The van der Waals surface area contributed by atoms with Gasteiger partial charge in [0.15, 0.2) is 0 Å². The van der Waals surface area contributed by atoms with Crippen molar-refractivity contribution in [2.45, 2.75) is 20.4 Å². The van der Waals surface area contributed by atoms with Crippen LogP contribution in [0.3, 0.4) is 0 Å². The number of halogens is 1. The molecule has 0 fully saturated rings. The number of hydrogen-bond donors (Lipinski definition) is 2. The first-order valence-electron chi connectivity index (χ1n) is 6.41. The summed E-state index contributed by atoms with van der Waals surface area (Å²) in [4.78, 5) is 11.8. The average Bonchev–Trinajstić information content (AvgIpc) is 2.41. The molecule has 0 saturated heterocycles. The Morgan fingerprint density at radius 1 is 1.10 bits per heavy atom. The fourth-order valence-corrected chi connectivity index (χ4v) is 2.05. The number of carbonyl (C=O) groups is 1. The topological polar surface area (TPSA) is 41.1 Å². The molecule has 0 saturated carbocycles. The smallest absolute Gasteiger partial charge is 0.319 e.